The Kier molecular flexibility index (Phi) is 5.76. The average Bonchev–Trinajstić information content (AvgIpc) is 3.40. The second kappa shape index (κ2) is 8.79. The predicted molar refractivity (Wildman–Crippen MR) is 112 cm³/mol. The molecule has 0 spiro atoms. The van der Waals surface area contributed by atoms with Crippen LogP contribution in [0.4, 0.5) is 4.39 Å². The van der Waals surface area contributed by atoms with Gasteiger partial charge in [-0.2, -0.15) is 5.10 Å². The normalized spacial score (nSPS) is 10.8. The highest BCUT2D eigenvalue weighted by Crippen LogP contribution is 2.33. The molecule has 3 heterocycles. The lowest BCUT2D eigenvalue weighted by Crippen LogP contribution is -2.28. The number of hydrogen-bond donors (Lipinski definition) is 1. The fourth-order valence-electron chi connectivity index (χ4n) is 3.03. The van der Waals surface area contributed by atoms with Gasteiger partial charge in [-0.05, 0) is 46.8 Å². The molecular formula is C22H19FN4OS. The van der Waals surface area contributed by atoms with E-state index >= 15 is 0 Å². The molecule has 0 atom stereocenters. The summed E-state index contributed by atoms with van der Waals surface area (Å²) in [6, 6.07) is 13.9. The molecule has 0 aliphatic carbocycles. The maximum absolute atomic E-state index is 13.0. The molecular weight excluding hydrogens is 387 g/mol. The van der Waals surface area contributed by atoms with Crippen molar-refractivity contribution in [3.63, 3.8) is 0 Å². The van der Waals surface area contributed by atoms with Crippen molar-refractivity contribution < 1.29 is 9.18 Å². The summed E-state index contributed by atoms with van der Waals surface area (Å²) in [7, 11) is 0. The zero-order valence-electron chi connectivity index (χ0n) is 15.6. The third kappa shape index (κ3) is 4.75. The first-order chi connectivity index (χ1) is 14.2. The molecule has 0 unspecified atom stereocenters. The molecule has 1 aromatic carbocycles. The van der Waals surface area contributed by atoms with Gasteiger partial charge in [0.15, 0.2) is 0 Å². The third-order valence-electron chi connectivity index (χ3n) is 4.45. The maximum Gasteiger partial charge on any atom is 0.224 e. The molecule has 1 N–H and O–H groups in total. The van der Waals surface area contributed by atoms with Crippen LogP contribution in [0.15, 0.2) is 72.5 Å². The van der Waals surface area contributed by atoms with Gasteiger partial charge in [0.2, 0.25) is 5.91 Å². The molecule has 5 nitrogen and oxygen atoms in total. The van der Waals surface area contributed by atoms with Gasteiger partial charge >= 0.3 is 0 Å². The summed E-state index contributed by atoms with van der Waals surface area (Å²) in [5.41, 5.74) is 3.79. The molecule has 0 fully saturated rings. The summed E-state index contributed by atoms with van der Waals surface area (Å²) in [6.45, 7) is 1.01. The molecule has 1 amide bonds. The van der Waals surface area contributed by atoms with E-state index in [2.05, 4.69) is 10.3 Å². The number of benzene rings is 1. The number of pyridine rings is 1. The smallest absolute Gasteiger partial charge is 0.224 e. The van der Waals surface area contributed by atoms with E-state index in [1.807, 2.05) is 40.5 Å². The van der Waals surface area contributed by atoms with E-state index in [0.717, 1.165) is 27.3 Å². The molecule has 0 aliphatic heterocycles. The van der Waals surface area contributed by atoms with Crippen LogP contribution in [0.3, 0.4) is 0 Å². The Morgan fingerprint density at radius 3 is 2.62 bits per heavy atom. The SMILES string of the molecule is O=C(Cc1ccc(F)cc1)NCCn1cc(-c2ccncc2)c(-c2cccs2)n1. The molecule has 4 aromatic rings. The first kappa shape index (κ1) is 19.0. The van der Waals surface area contributed by atoms with Gasteiger partial charge in [-0.3, -0.25) is 14.5 Å². The summed E-state index contributed by atoms with van der Waals surface area (Å²) >= 11 is 1.64. The number of thiophene rings is 1. The molecule has 0 aliphatic rings. The number of halogens is 1. The van der Waals surface area contributed by atoms with Gasteiger partial charge in [0.25, 0.3) is 0 Å². The Bertz CT molecular complexity index is 1080. The summed E-state index contributed by atoms with van der Waals surface area (Å²) < 4.78 is 14.8. The van der Waals surface area contributed by atoms with Crippen molar-refractivity contribution >= 4 is 17.2 Å². The minimum absolute atomic E-state index is 0.100. The lowest BCUT2D eigenvalue weighted by atomic mass is 10.1. The Balaban J connectivity index is 1.42. The second-order valence-corrected chi connectivity index (χ2v) is 7.47. The molecule has 0 saturated heterocycles. The fraction of sp³-hybridized carbons (Fsp3) is 0.136. The van der Waals surface area contributed by atoms with E-state index in [4.69, 9.17) is 5.10 Å². The predicted octanol–water partition coefficient (Wildman–Crippen LogP) is 4.17. The van der Waals surface area contributed by atoms with Gasteiger partial charge in [0.05, 0.1) is 17.8 Å². The average molecular weight is 406 g/mol. The number of carbonyl (C=O) groups is 1. The molecule has 0 saturated carbocycles. The number of nitrogens with one attached hydrogen (secondary N) is 1. The lowest BCUT2D eigenvalue weighted by molar-refractivity contribution is -0.120. The molecule has 146 valence electrons. The molecule has 29 heavy (non-hydrogen) atoms. The lowest BCUT2D eigenvalue weighted by Gasteiger charge is -2.05. The van der Waals surface area contributed by atoms with Gasteiger partial charge in [-0.15, -0.1) is 11.3 Å². The van der Waals surface area contributed by atoms with Crippen molar-refractivity contribution in [3.05, 3.63) is 83.9 Å². The van der Waals surface area contributed by atoms with Crippen LogP contribution in [0.25, 0.3) is 21.7 Å². The Labute approximate surface area is 171 Å². The van der Waals surface area contributed by atoms with E-state index in [1.54, 1.807) is 35.9 Å². The summed E-state index contributed by atoms with van der Waals surface area (Å²) in [6.07, 6.45) is 5.75. The van der Waals surface area contributed by atoms with Crippen molar-refractivity contribution in [2.45, 2.75) is 13.0 Å². The summed E-state index contributed by atoms with van der Waals surface area (Å²) in [5, 5.41) is 9.66. The van der Waals surface area contributed by atoms with Crippen molar-refractivity contribution in [3.8, 4) is 21.7 Å². The van der Waals surface area contributed by atoms with Gasteiger partial charge in [0.1, 0.15) is 11.5 Å². The zero-order chi connectivity index (χ0) is 20.1. The monoisotopic (exact) mass is 406 g/mol. The highest BCUT2D eigenvalue weighted by Gasteiger charge is 2.14. The number of carbonyl (C=O) groups excluding carboxylic acids is 1. The molecule has 3 aromatic heterocycles. The number of amides is 1. The fourth-order valence-corrected chi connectivity index (χ4v) is 3.76. The minimum atomic E-state index is -0.306. The Morgan fingerprint density at radius 1 is 1.10 bits per heavy atom. The largest absolute Gasteiger partial charge is 0.354 e. The van der Waals surface area contributed by atoms with E-state index in [1.165, 1.54) is 12.1 Å². The highest BCUT2D eigenvalue weighted by atomic mass is 32.1. The second-order valence-electron chi connectivity index (χ2n) is 6.52. The third-order valence-corrected chi connectivity index (χ3v) is 5.33. The van der Waals surface area contributed by atoms with E-state index < -0.39 is 0 Å². The zero-order valence-corrected chi connectivity index (χ0v) is 16.4. The summed E-state index contributed by atoms with van der Waals surface area (Å²) in [5.74, 6) is -0.406. The number of rotatable bonds is 7. The quantitative estimate of drug-likeness (QED) is 0.501. The van der Waals surface area contributed by atoms with Crippen LogP contribution >= 0.6 is 11.3 Å². The number of hydrogen-bond acceptors (Lipinski definition) is 4. The number of aromatic nitrogens is 3. The molecule has 4 rings (SSSR count). The van der Waals surface area contributed by atoms with Gasteiger partial charge in [0, 0.05) is 30.7 Å². The van der Waals surface area contributed by atoms with Crippen LogP contribution in [-0.2, 0) is 17.8 Å². The van der Waals surface area contributed by atoms with Crippen molar-refractivity contribution in [1.29, 1.82) is 0 Å². The van der Waals surface area contributed by atoms with Crippen LogP contribution in [0, 0.1) is 5.82 Å². The molecule has 0 radical (unpaired) electrons. The first-order valence-corrected chi connectivity index (χ1v) is 10.1. The van der Waals surface area contributed by atoms with Crippen LogP contribution < -0.4 is 5.32 Å². The first-order valence-electron chi connectivity index (χ1n) is 9.22. The Hall–Kier alpha value is -3.32. The van der Waals surface area contributed by atoms with Crippen molar-refractivity contribution in [2.24, 2.45) is 0 Å². The van der Waals surface area contributed by atoms with Crippen LogP contribution in [-0.4, -0.2) is 27.2 Å². The standard InChI is InChI=1S/C22H19FN4OS/c23-18-5-3-16(4-6-18)14-21(28)25-11-12-27-15-19(17-7-9-24-10-8-17)22(26-27)20-2-1-13-29-20/h1-10,13,15H,11-12,14H2,(H,25,28). The van der Waals surface area contributed by atoms with Crippen LogP contribution in [0.1, 0.15) is 5.56 Å². The van der Waals surface area contributed by atoms with Gasteiger partial charge in [-0.1, -0.05) is 18.2 Å². The van der Waals surface area contributed by atoms with E-state index in [0.29, 0.717) is 13.1 Å². The Morgan fingerprint density at radius 2 is 1.90 bits per heavy atom. The van der Waals surface area contributed by atoms with Gasteiger partial charge in [-0.25, -0.2) is 4.39 Å². The highest BCUT2D eigenvalue weighted by molar-refractivity contribution is 7.13. The minimum Gasteiger partial charge on any atom is -0.354 e. The van der Waals surface area contributed by atoms with Crippen molar-refractivity contribution in [1.82, 2.24) is 20.1 Å². The molecule has 0 bridgehead atoms. The van der Waals surface area contributed by atoms with Crippen LogP contribution in [0.5, 0.6) is 0 Å². The van der Waals surface area contributed by atoms with Crippen molar-refractivity contribution in [2.75, 3.05) is 6.54 Å². The van der Waals surface area contributed by atoms with E-state index in [-0.39, 0.29) is 18.1 Å². The maximum atomic E-state index is 13.0. The van der Waals surface area contributed by atoms with Crippen LogP contribution in [0.2, 0.25) is 0 Å². The number of nitrogens with zero attached hydrogens (tertiary/aromatic N) is 3. The topological polar surface area (TPSA) is 59.8 Å². The molecule has 7 heteroatoms. The summed E-state index contributed by atoms with van der Waals surface area (Å²) in [4.78, 5) is 17.3. The van der Waals surface area contributed by atoms with E-state index in [9.17, 15) is 9.18 Å². The van der Waals surface area contributed by atoms with Gasteiger partial charge < -0.3 is 5.32 Å².